The summed E-state index contributed by atoms with van der Waals surface area (Å²) in [5, 5.41) is 2.84. The third-order valence-electron chi connectivity index (χ3n) is 2.92. The summed E-state index contributed by atoms with van der Waals surface area (Å²) in [6.07, 6.45) is 0. The Hall–Kier alpha value is -2.01. The van der Waals surface area contributed by atoms with Crippen LogP contribution in [0.3, 0.4) is 0 Å². The van der Waals surface area contributed by atoms with Crippen LogP contribution in [0.2, 0.25) is 0 Å². The molecule has 0 atom stereocenters. The van der Waals surface area contributed by atoms with Gasteiger partial charge in [0.05, 0.1) is 11.4 Å². The van der Waals surface area contributed by atoms with Crippen LogP contribution in [0.25, 0.3) is 0 Å². The number of hydrogen-bond acceptors (Lipinski definition) is 2. The molecule has 2 amide bonds. The number of halogens is 1. The highest BCUT2D eigenvalue weighted by Gasteiger charge is 2.13. The van der Waals surface area contributed by atoms with Gasteiger partial charge in [-0.3, -0.25) is 4.90 Å². The molecule has 2 rings (SSSR count). The number of nitrogen functional groups attached to an aromatic ring is 1. The highest BCUT2D eigenvalue weighted by molar-refractivity contribution is 9.10. The minimum Gasteiger partial charge on any atom is -0.397 e. The summed E-state index contributed by atoms with van der Waals surface area (Å²) in [6.45, 7) is 1.98. The van der Waals surface area contributed by atoms with Gasteiger partial charge in [0.25, 0.3) is 0 Å². The first-order chi connectivity index (χ1) is 9.47. The Kier molecular flexibility index (Phi) is 4.29. The van der Waals surface area contributed by atoms with Crippen molar-refractivity contribution in [3.8, 4) is 0 Å². The third-order valence-corrected chi connectivity index (χ3v) is 3.42. The number of carbonyl (C=O) groups excluding carboxylic acids is 1. The molecule has 0 aromatic heterocycles. The van der Waals surface area contributed by atoms with E-state index in [-0.39, 0.29) is 6.03 Å². The average Bonchev–Trinajstić information content (AvgIpc) is 2.38. The normalized spacial score (nSPS) is 10.2. The quantitative estimate of drug-likeness (QED) is 0.816. The zero-order chi connectivity index (χ0) is 14.7. The topological polar surface area (TPSA) is 58.4 Å². The van der Waals surface area contributed by atoms with Gasteiger partial charge in [-0.1, -0.05) is 28.1 Å². The fourth-order valence-electron chi connectivity index (χ4n) is 1.87. The molecule has 2 aromatic rings. The number of nitrogens with one attached hydrogen (secondary N) is 1. The van der Waals surface area contributed by atoms with Crippen LogP contribution in [0, 0.1) is 6.92 Å². The Labute approximate surface area is 126 Å². The predicted octanol–water partition coefficient (Wildman–Crippen LogP) is 4.01. The number of anilines is 3. The number of aryl methyl sites for hydroxylation is 1. The molecule has 0 aliphatic heterocycles. The van der Waals surface area contributed by atoms with Gasteiger partial charge in [-0.2, -0.15) is 0 Å². The van der Waals surface area contributed by atoms with Gasteiger partial charge in [-0.15, -0.1) is 0 Å². The van der Waals surface area contributed by atoms with Crippen molar-refractivity contribution in [3.05, 3.63) is 52.5 Å². The molecule has 4 nitrogen and oxygen atoms in total. The zero-order valence-corrected chi connectivity index (χ0v) is 12.9. The second-order valence-electron chi connectivity index (χ2n) is 4.56. The van der Waals surface area contributed by atoms with E-state index >= 15 is 0 Å². The number of nitrogens with zero attached hydrogens (tertiary/aromatic N) is 1. The van der Waals surface area contributed by atoms with Crippen LogP contribution >= 0.6 is 15.9 Å². The van der Waals surface area contributed by atoms with Gasteiger partial charge in [-0.05, 0) is 42.8 Å². The van der Waals surface area contributed by atoms with Crippen molar-refractivity contribution in [3.63, 3.8) is 0 Å². The van der Waals surface area contributed by atoms with Crippen LogP contribution in [-0.2, 0) is 0 Å². The van der Waals surface area contributed by atoms with Gasteiger partial charge in [0, 0.05) is 17.2 Å². The summed E-state index contributed by atoms with van der Waals surface area (Å²) in [4.78, 5) is 13.7. The van der Waals surface area contributed by atoms with Gasteiger partial charge < -0.3 is 11.1 Å². The van der Waals surface area contributed by atoms with Crippen LogP contribution in [-0.4, -0.2) is 13.1 Å². The number of carbonyl (C=O) groups is 1. The van der Waals surface area contributed by atoms with Crippen molar-refractivity contribution >= 4 is 39.0 Å². The summed E-state index contributed by atoms with van der Waals surface area (Å²) in [7, 11) is 1.69. The van der Waals surface area contributed by atoms with E-state index in [4.69, 9.17) is 5.73 Å². The van der Waals surface area contributed by atoms with Gasteiger partial charge in [0.15, 0.2) is 0 Å². The standard InChI is InChI=1S/C15H16BrN3O/c1-10-4-3-5-12(8-10)18-15(20)19(2)14-7-6-11(16)9-13(14)17/h3-9H,17H2,1-2H3,(H,18,20). The zero-order valence-electron chi connectivity index (χ0n) is 11.4. The molecule has 0 fully saturated rings. The SMILES string of the molecule is Cc1cccc(NC(=O)N(C)c2ccc(Br)cc2N)c1. The first-order valence-corrected chi connectivity index (χ1v) is 6.93. The van der Waals surface area contributed by atoms with E-state index in [1.165, 1.54) is 4.90 Å². The number of benzene rings is 2. The molecule has 2 aromatic carbocycles. The molecular formula is C15H16BrN3O. The Morgan fingerprint density at radius 2 is 2.00 bits per heavy atom. The number of amides is 2. The first-order valence-electron chi connectivity index (χ1n) is 6.14. The maximum absolute atomic E-state index is 12.2. The van der Waals surface area contributed by atoms with Crippen molar-refractivity contribution in [1.29, 1.82) is 0 Å². The van der Waals surface area contributed by atoms with E-state index in [0.717, 1.165) is 15.7 Å². The van der Waals surface area contributed by atoms with E-state index in [2.05, 4.69) is 21.2 Å². The molecule has 0 bridgehead atoms. The molecule has 0 heterocycles. The summed E-state index contributed by atoms with van der Waals surface area (Å²) in [5.41, 5.74) is 8.99. The lowest BCUT2D eigenvalue weighted by Gasteiger charge is -2.20. The van der Waals surface area contributed by atoms with Crippen LogP contribution < -0.4 is 16.0 Å². The summed E-state index contributed by atoms with van der Waals surface area (Å²) in [6, 6.07) is 12.8. The van der Waals surface area contributed by atoms with Gasteiger partial charge in [-0.25, -0.2) is 4.79 Å². The molecule has 0 saturated heterocycles. The number of rotatable bonds is 2. The van der Waals surface area contributed by atoms with E-state index in [0.29, 0.717) is 11.4 Å². The first kappa shape index (κ1) is 14.4. The Morgan fingerprint density at radius 3 is 2.65 bits per heavy atom. The molecule has 3 N–H and O–H groups in total. The van der Waals surface area contributed by atoms with E-state index in [1.54, 1.807) is 19.2 Å². The summed E-state index contributed by atoms with van der Waals surface area (Å²) >= 11 is 3.35. The highest BCUT2D eigenvalue weighted by atomic mass is 79.9. The van der Waals surface area contributed by atoms with Crippen molar-refractivity contribution < 1.29 is 4.79 Å². The maximum atomic E-state index is 12.2. The van der Waals surface area contributed by atoms with Crippen molar-refractivity contribution in [2.45, 2.75) is 6.92 Å². The molecular weight excluding hydrogens is 318 g/mol. The lowest BCUT2D eigenvalue weighted by molar-refractivity contribution is 0.258. The fourth-order valence-corrected chi connectivity index (χ4v) is 2.25. The summed E-state index contributed by atoms with van der Waals surface area (Å²) < 4.78 is 0.881. The van der Waals surface area contributed by atoms with Gasteiger partial charge >= 0.3 is 6.03 Å². The van der Waals surface area contributed by atoms with Gasteiger partial charge in [0.2, 0.25) is 0 Å². The minimum atomic E-state index is -0.232. The Bertz CT molecular complexity index is 643. The fraction of sp³-hybridized carbons (Fsp3) is 0.133. The third kappa shape index (κ3) is 3.30. The molecule has 0 aliphatic carbocycles. The smallest absolute Gasteiger partial charge is 0.326 e. The average molecular weight is 334 g/mol. The lowest BCUT2D eigenvalue weighted by atomic mass is 10.2. The van der Waals surface area contributed by atoms with Crippen LogP contribution in [0.1, 0.15) is 5.56 Å². The Balaban J connectivity index is 2.16. The van der Waals surface area contributed by atoms with Crippen LogP contribution in [0.5, 0.6) is 0 Å². The van der Waals surface area contributed by atoms with Crippen molar-refractivity contribution in [2.75, 3.05) is 23.0 Å². The molecule has 0 unspecified atom stereocenters. The van der Waals surface area contributed by atoms with E-state index < -0.39 is 0 Å². The number of urea groups is 1. The lowest BCUT2D eigenvalue weighted by Crippen LogP contribution is -2.31. The largest absolute Gasteiger partial charge is 0.397 e. The Morgan fingerprint density at radius 1 is 1.25 bits per heavy atom. The number of hydrogen-bond donors (Lipinski definition) is 2. The minimum absolute atomic E-state index is 0.232. The van der Waals surface area contributed by atoms with E-state index in [1.807, 2.05) is 37.3 Å². The predicted molar refractivity (Wildman–Crippen MR) is 87.2 cm³/mol. The molecule has 0 saturated carbocycles. The van der Waals surface area contributed by atoms with Crippen molar-refractivity contribution in [2.24, 2.45) is 0 Å². The van der Waals surface area contributed by atoms with Crippen molar-refractivity contribution in [1.82, 2.24) is 0 Å². The molecule has 0 radical (unpaired) electrons. The molecule has 0 aliphatic rings. The second kappa shape index (κ2) is 5.96. The second-order valence-corrected chi connectivity index (χ2v) is 5.48. The van der Waals surface area contributed by atoms with Crippen LogP contribution in [0.15, 0.2) is 46.9 Å². The monoisotopic (exact) mass is 333 g/mol. The maximum Gasteiger partial charge on any atom is 0.326 e. The molecule has 104 valence electrons. The van der Waals surface area contributed by atoms with Gasteiger partial charge in [0.1, 0.15) is 0 Å². The van der Waals surface area contributed by atoms with Crippen LogP contribution in [0.4, 0.5) is 21.9 Å². The van der Waals surface area contributed by atoms with E-state index in [9.17, 15) is 4.79 Å². The molecule has 5 heteroatoms. The summed E-state index contributed by atoms with van der Waals surface area (Å²) in [5.74, 6) is 0. The molecule has 20 heavy (non-hydrogen) atoms. The molecule has 0 spiro atoms. The highest BCUT2D eigenvalue weighted by Crippen LogP contribution is 2.26. The number of nitrogens with two attached hydrogens (primary N) is 1.